The second-order valence-corrected chi connectivity index (χ2v) is 7.49. The zero-order chi connectivity index (χ0) is 17.9. The summed E-state index contributed by atoms with van der Waals surface area (Å²) in [6, 6.07) is 11.9. The summed E-state index contributed by atoms with van der Waals surface area (Å²) < 4.78 is 10.7. The van der Waals surface area contributed by atoms with Crippen molar-refractivity contribution in [1.82, 2.24) is 19.9 Å². The largest absolute Gasteiger partial charge is 0.383 e. The van der Waals surface area contributed by atoms with E-state index in [-0.39, 0.29) is 0 Å². The summed E-state index contributed by atoms with van der Waals surface area (Å²) in [5, 5.41) is 4.35. The number of aromatic nitrogens is 2. The maximum Gasteiger partial charge on any atom is 0.240 e. The fourth-order valence-electron chi connectivity index (χ4n) is 4.49. The van der Waals surface area contributed by atoms with E-state index in [2.05, 4.69) is 45.3 Å². The topological polar surface area (TPSA) is 54.6 Å². The molecule has 26 heavy (non-hydrogen) atoms. The van der Waals surface area contributed by atoms with Crippen LogP contribution in [-0.4, -0.2) is 59.8 Å². The minimum absolute atomic E-state index is 0.365. The van der Waals surface area contributed by atoms with Gasteiger partial charge in [-0.15, -0.1) is 0 Å². The summed E-state index contributed by atoms with van der Waals surface area (Å²) in [6.45, 7) is 3.39. The van der Waals surface area contributed by atoms with Crippen molar-refractivity contribution in [3.05, 3.63) is 47.6 Å². The zero-order valence-corrected chi connectivity index (χ0v) is 15.7. The van der Waals surface area contributed by atoms with Gasteiger partial charge in [-0.3, -0.25) is 9.80 Å². The molecule has 4 rings (SSSR count). The lowest BCUT2D eigenvalue weighted by Gasteiger charge is -2.24. The molecule has 0 N–H and O–H groups in total. The average molecular weight is 356 g/mol. The maximum atomic E-state index is 5.56. The van der Waals surface area contributed by atoms with Crippen molar-refractivity contribution in [3.63, 3.8) is 0 Å². The Kier molecular flexibility index (Phi) is 5.33. The van der Waals surface area contributed by atoms with E-state index < -0.39 is 0 Å². The summed E-state index contributed by atoms with van der Waals surface area (Å²) in [5.41, 5.74) is 1.41. The Morgan fingerprint density at radius 3 is 2.96 bits per heavy atom. The summed E-state index contributed by atoms with van der Waals surface area (Å²) in [5.74, 6) is 1.95. The van der Waals surface area contributed by atoms with E-state index in [1.165, 1.54) is 24.9 Å². The number of benzene rings is 1. The van der Waals surface area contributed by atoms with Gasteiger partial charge in [0, 0.05) is 31.7 Å². The van der Waals surface area contributed by atoms with Crippen molar-refractivity contribution < 1.29 is 9.26 Å². The summed E-state index contributed by atoms with van der Waals surface area (Å²) in [4.78, 5) is 9.54. The van der Waals surface area contributed by atoms with Crippen molar-refractivity contribution in [2.24, 2.45) is 0 Å². The first-order chi connectivity index (χ1) is 12.8. The molecule has 0 spiro atoms. The van der Waals surface area contributed by atoms with Crippen molar-refractivity contribution in [2.45, 2.75) is 43.8 Å². The maximum absolute atomic E-state index is 5.56. The lowest BCUT2D eigenvalue weighted by atomic mass is 9.94. The first kappa shape index (κ1) is 17.6. The minimum Gasteiger partial charge on any atom is -0.383 e. The van der Waals surface area contributed by atoms with Gasteiger partial charge < -0.3 is 9.26 Å². The highest BCUT2D eigenvalue weighted by Gasteiger charge is 2.46. The van der Waals surface area contributed by atoms with Gasteiger partial charge in [-0.05, 0) is 38.4 Å². The smallest absolute Gasteiger partial charge is 0.240 e. The van der Waals surface area contributed by atoms with Crippen LogP contribution in [0.3, 0.4) is 0 Å². The molecule has 3 heterocycles. The van der Waals surface area contributed by atoms with E-state index >= 15 is 0 Å². The zero-order valence-electron chi connectivity index (χ0n) is 15.7. The van der Waals surface area contributed by atoms with Crippen LogP contribution in [0.5, 0.6) is 0 Å². The molecule has 2 aliphatic heterocycles. The highest BCUT2D eigenvalue weighted by atomic mass is 16.5. The van der Waals surface area contributed by atoms with Gasteiger partial charge in [-0.25, -0.2) is 0 Å². The van der Waals surface area contributed by atoms with Crippen LogP contribution in [0.25, 0.3) is 0 Å². The molecule has 0 saturated carbocycles. The Morgan fingerprint density at radius 2 is 2.15 bits per heavy atom. The van der Waals surface area contributed by atoms with Crippen molar-refractivity contribution in [3.8, 4) is 0 Å². The van der Waals surface area contributed by atoms with Gasteiger partial charge in [0.2, 0.25) is 5.89 Å². The van der Waals surface area contributed by atoms with Gasteiger partial charge in [0.15, 0.2) is 5.82 Å². The first-order valence-corrected chi connectivity index (χ1v) is 9.57. The number of ether oxygens (including phenoxy) is 1. The molecule has 1 aromatic heterocycles. The lowest BCUT2D eigenvalue weighted by Crippen LogP contribution is -2.27. The lowest BCUT2D eigenvalue weighted by molar-refractivity contribution is 0.152. The Hall–Kier alpha value is -1.76. The van der Waals surface area contributed by atoms with Crippen LogP contribution in [0.4, 0.5) is 0 Å². The Labute approximate surface area is 155 Å². The summed E-state index contributed by atoms with van der Waals surface area (Å²) >= 11 is 0. The molecule has 2 aliphatic rings. The number of fused-ring (bicyclic) bond motifs is 1. The van der Waals surface area contributed by atoms with E-state index in [1.807, 2.05) is 7.05 Å². The molecule has 2 fully saturated rings. The van der Waals surface area contributed by atoms with Crippen molar-refractivity contribution >= 4 is 0 Å². The first-order valence-electron chi connectivity index (χ1n) is 9.57. The highest BCUT2D eigenvalue weighted by molar-refractivity contribution is 5.24. The third-order valence-corrected chi connectivity index (χ3v) is 5.77. The molecular weight excluding hydrogens is 328 g/mol. The van der Waals surface area contributed by atoms with Crippen molar-refractivity contribution in [1.29, 1.82) is 0 Å². The number of rotatable bonds is 7. The normalized spacial score (nSPS) is 25.9. The van der Waals surface area contributed by atoms with Gasteiger partial charge in [0.25, 0.3) is 0 Å². The molecule has 0 bridgehead atoms. The van der Waals surface area contributed by atoms with Crippen LogP contribution in [0, 0.1) is 0 Å². The van der Waals surface area contributed by atoms with Gasteiger partial charge in [-0.1, -0.05) is 35.5 Å². The Morgan fingerprint density at radius 1 is 1.31 bits per heavy atom. The molecule has 2 aromatic rings. The minimum atomic E-state index is 0.365. The van der Waals surface area contributed by atoms with Gasteiger partial charge in [0.1, 0.15) is 0 Å². The third-order valence-electron chi connectivity index (χ3n) is 5.77. The molecule has 140 valence electrons. The molecule has 0 radical (unpaired) electrons. The molecule has 0 aliphatic carbocycles. The number of methoxy groups -OCH3 is 1. The van der Waals surface area contributed by atoms with E-state index in [4.69, 9.17) is 14.2 Å². The molecule has 3 atom stereocenters. The third kappa shape index (κ3) is 3.54. The SMILES string of the molecule is COCCN(C)Cc1nc(C2CC(c3ccccc3)N3CCC[C@@H]23)no1. The second-order valence-electron chi connectivity index (χ2n) is 7.49. The number of likely N-dealkylation sites (N-methyl/N-ethyl adjacent to an activating group) is 1. The molecule has 6 heteroatoms. The van der Waals surface area contributed by atoms with E-state index in [1.54, 1.807) is 7.11 Å². The van der Waals surface area contributed by atoms with Crippen LogP contribution in [0.2, 0.25) is 0 Å². The van der Waals surface area contributed by atoms with Crippen LogP contribution >= 0.6 is 0 Å². The van der Waals surface area contributed by atoms with Gasteiger partial charge in [-0.2, -0.15) is 4.98 Å². The monoisotopic (exact) mass is 356 g/mol. The standard InChI is InChI=1S/C20H28N4O2/c1-23(11-12-25-2)14-19-21-20(22-26-19)16-13-18(15-7-4-3-5-8-15)24-10-6-9-17(16)24/h3-5,7-8,16-18H,6,9-14H2,1-2H3/t16?,17-,18?/m0/s1. The van der Waals surface area contributed by atoms with Crippen LogP contribution in [0.15, 0.2) is 34.9 Å². The van der Waals surface area contributed by atoms with E-state index in [0.29, 0.717) is 37.0 Å². The van der Waals surface area contributed by atoms with Gasteiger partial charge >= 0.3 is 0 Å². The second kappa shape index (κ2) is 7.86. The predicted molar refractivity (Wildman–Crippen MR) is 98.8 cm³/mol. The van der Waals surface area contributed by atoms with Crippen LogP contribution in [-0.2, 0) is 11.3 Å². The summed E-state index contributed by atoms with van der Waals surface area (Å²) in [7, 11) is 3.76. The predicted octanol–water partition coefficient (Wildman–Crippen LogP) is 2.84. The molecule has 2 saturated heterocycles. The Balaban J connectivity index is 1.48. The fraction of sp³-hybridized carbons (Fsp3) is 0.600. The number of hydrogen-bond donors (Lipinski definition) is 0. The Bertz CT molecular complexity index is 705. The van der Waals surface area contributed by atoms with Crippen LogP contribution < -0.4 is 0 Å². The summed E-state index contributed by atoms with van der Waals surface area (Å²) in [6.07, 6.45) is 3.56. The number of nitrogens with zero attached hydrogens (tertiary/aromatic N) is 4. The quantitative estimate of drug-likeness (QED) is 0.760. The fourth-order valence-corrected chi connectivity index (χ4v) is 4.49. The number of hydrogen-bond acceptors (Lipinski definition) is 6. The molecule has 2 unspecified atom stereocenters. The molecular formula is C20H28N4O2. The van der Waals surface area contributed by atoms with Crippen LogP contribution in [0.1, 0.15) is 48.5 Å². The molecule has 1 aromatic carbocycles. The van der Waals surface area contributed by atoms with E-state index in [0.717, 1.165) is 18.8 Å². The average Bonchev–Trinajstić information content (AvgIpc) is 3.37. The molecule has 6 nitrogen and oxygen atoms in total. The molecule has 0 amide bonds. The van der Waals surface area contributed by atoms with E-state index in [9.17, 15) is 0 Å². The van der Waals surface area contributed by atoms with Crippen molar-refractivity contribution in [2.75, 3.05) is 33.9 Å². The highest BCUT2D eigenvalue weighted by Crippen LogP contribution is 2.48. The van der Waals surface area contributed by atoms with Gasteiger partial charge in [0.05, 0.1) is 13.2 Å².